The van der Waals surface area contributed by atoms with Crippen LogP contribution in [-0.2, 0) is 0 Å². The highest BCUT2D eigenvalue weighted by atomic mass is 32.1. The molecule has 0 aromatic carbocycles. The van der Waals surface area contributed by atoms with Gasteiger partial charge >= 0.3 is 0 Å². The molecule has 0 radical (unpaired) electrons. The predicted octanol–water partition coefficient (Wildman–Crippen LogP) is 0.980. The van der Waals surface area contributed by atoms with Crippen molar-refractivity contribution in [3.05, 3.63) is 0 Å². The molecule has 60 valence electrons. The van der Waals surface area contributed by atoms with Crippen molar-refractivity contribution >= 4 is 17.3 Å². The summed E-state index contributed by atoms with van der Waals surface area (Å²) >= 11 is 4.79. The summed E-state index contributed by atoms with van der Waals surface area (Å²) in [5, 5.41) is 13.0. The first-order valence-electron chi connectivity index (χ1n) is 3.07. The summed E-state index contributed by atoms with van der Waals surface area (Å²) in [6.07, 6.45) is 0. The number of hydroxylamine groups is 2. The number of nitrogens with one attached hydrogen (secondary N) is 1. The Morgan fingerprint density at radius 2 is 1.90 bits per heavy atom. The van der Waals surface area contributed by atoms with Gasteiger partial charge in [-0.15, -0.1) is 0 Å². The minimum absolute atomic E-state index is 0.0892. The largest absolute Gasteiger partial charge is 0.356 e. The van der Waals surface area contributed by atoms with Gasteiger partial charge in [0.25, 0.3) is 0 Å². The van der Waals surface area contributed by atoms with Crippen molar-refractivity contribution in [1.82, 2.24) is 10.4 Å². The lowest BCUT2D eigenvalue weighted by Crippen LogP contribution is -2.45. The van der Waals surface area contributed by atoms with E-state index in [9.17, 15) is 0 Å². The zero-order valence-electron chi connectivity index (χ0n) is 6.80. The Kier molecular flexibility index (Phi) is 3.05. The van der Waals surface area contributed by atoms with E-state index in [-0.39, 0.29) is 5.54 Å². The van der Waals surface area contributed by atoms with Crippen LogP contribution in [-0.4, -0.2) is 28.0 Å². The average Bonchev–Trinajstić information content (AvgIpc) is 1.60. The molecule has 0 amide bonds. The van der Waals surface area contributed by atoms with Crippen LogP contribution in [0.3, 0.4) is 0 Å². The van der Waals surface area contributed by atoms with Crippen LogP contribution in [0.2, 0.25) is 0 Å². The summed E-state index contributed by atoms with van der Waals surface area (Å²) in [6.45, 7) is 5.93. The average molecular weight is 162 g/mol. The maximum atomic E-state index is 8.81. The maximum Gasteiger partial charge on any atom is 0.193 e. The quantitative estimate of drug-likeness (QED) is 0.411. The molecule has 0 aliphatic heterocycles. The van der Waals surface area contributed by atoms with Crippen LogP contribution in [0.1, 0.15) is 20.8 Å². The minimum Gasteiger partial charge on any atom is -0.356 e. The van der Waals surface area contributed by atoms with E-state index < -0.39 is 0 Å². The first-order chi connectivity index (χ1) is 4.33. The molecule has 0 saturated heterocycles. The normalized spacial score (nSPS) is 10.9. The topological polar surface area (TPSA) is 35.5 Å². The lowest BCUT2D eigenvalue weighted by molar-refractivity contribution is 0.0110. The van der Waals surface area contributed by atoms with Crippen molar-refractivity contribution in [2.24, 2.45) is 0 Å². The monoisotopic (exact) mass is 162 g/mol. The van der Waals surface area contributed by atoms with E-state index in [2.05, 4.69) is 5.32 Å². The van der Waals surface area contributed by atoms with Gasteiger partial charge in [0.15, 0.2) is 5.11 Å². The van der Waals surface area contributed by atoms with E-state index in [0.717, 1.165) is 5.06 Å². The molecule has 0 aliphatic rings. The van der Waals surface area contributed by atoms with E-state index in [0.29, 0.717) is 5.11 Å². The molecule has 0 aromatic rings. The highest BCUT2D eigenvalue weighted by molar-refractivity contribution is 7.80. The Hall–Kier alpha value is -0.350. The summed E-state index contributed by atoms with van der Waals surface area (Å²) in [5.41, 5.74) is -0.0892. The van der Waals surface area contributed by atoms with E-state index in [1.807, 2.05) is 20.8 Å². The van der Waals surface area contributed by atoms with Crippen molar-refractivity contribution in [1.29, 1.82) is 0 Å². The van der Waals surface area contributed by atoms with Crippen LogP contribution in [0.4, 0.5) is 0 Å². The Balaban J connectivity index is 3.81. The van der Waals surface area contributed by atoms with Crippen LogP contribution in [0.15, 0.2) is 0 Å². The van der Waals surface area contributed by atoms with Crippen LogP contribution in [0, 0.1) is 0 Å². The van der Waals surface area contributed by atoms with Crippen molar-refractivity contribution in [3.63, 3.8) is 0 Å². The Bertz CT molecular complexity index is 128. The molecular weight excluding hydrogens is 148 g/mol. The van der Waals surface area contributed by atoms with Gasteiger partial charge in [0.1, 0.15) is 0 Å². The van der Waals surface area contributed by atoms with E-state index >= 15 is 0 Å². The molecular formula is C6H14N2OS. The highest BCUT2D eigenvalue weighted by Gasteiger charge is 2.12. The standard InChI is InChI=1S/C6H14N2OS/c1-6(2,3)7-5(10)8(4)9/h9H,1-4H3,(H,7,10). The SMILES string of the molecule is CN(O)C(=S)NC(C)(C)C. The van der Waals surface area contributed by atoms with Gasteiger partial charge in [-0.1, -0.05) is 0 Å². The van der Waals surface area contributed by atoms with Crippen LogP contribution in [0.5, 0.6) is 0 Å². The Morgan fingerprint density at radius 1 is 1.50 bits per heavy atom. The first-order valence-corrected chi connectivity index (χ1v) is 3.48. The number of rotatable bonds is 0. The maximum absolute atomic E-state index is 8.81. The molecule has 0 aliphatic carbocycles. The number of hydrogen-bond acceptors (Lipinski definition) is 2. The molecule has 0 atom stereocenters. The van der Waals surface area contributed by atoms with Crippen molar-refractivity contribution in [3.8, 4) is 0 Å². The molecule has 2 N–H and O–H groups in total. The molecule has 0 saturated carbocycles. The van der Waals surface area contributed by atoms with Crippen molar-refractivity contribution in [2.45, 2.75) is 26.3 Å². The van der Waals surface area contributed by atoms with Crippen LogP contribution >= 0.6 is 12.2 Å². The molecule has 0 bridgehead atoms. The third-order valence-electron chi connectivity index (χ3n) is 0.776. The van der Waals surface area contributed by atoms with Gasteiger partial charge in [0.2, 0.25) is 0 Å². The summed E-state index contributed by atoms with van der Waals surface area (Å²) in [7, 11) is 1.49. The van der Waals surface area contributed by atoms with Gasteiger partial charge in [-0.3, -0.25) is 5.21 Å². The number of hydrogen-bond donors (Lipinski definition) is 2. The third-order valence-corrected chi connectivity index (χ3v) is 1.14. The summed E-state index contributed by atoms with van der Waals surface area (Å²) in [5.74, 6) is 0. The minimum atomic E-state index is -0.0892. The predicted molar refractivity (Wildman–Crippen MR) is 45.0 cm³/mol. The van der Waals surface area contributed by atoms with Crippen LogP contribution in [0.25, 0.3) is 0 Å². The van der Waals surface area contributed by atoms with Crippen molar-refractivity contribution in [2.75, 3.05) is 7.05 Å². The second-order valence-electron chi connectivity index (χ2n) is 3.20. The van der Waals surface area contributed by atoms with Gasteiger partial charge < -0.3 is 5.32 Å². The van der Waals surface area contributed by atoms with Gasteiger partial charge in [-0.25, -0.2) is 5.06 Å². The zero-order valence-corrected chi connectivity index (χ0v) is 7.62. The van der Waals surface area contributed by atoms with Gasteiger partial charge in [0, 0.05) is 12.6 Å². The zero-order chi connectivity index (χ0) is 8.36. The molecule has 0 aromatic heterocycles. The smallest absolute Gasteiger partial charge is 0.193 e. The second kappa shape index (κ2) is 3.16. The molecule has 4 heteroatoms. The van der Waals surface area contributed by atoms with E-state index in [1.54, 1.807) is 0 Å². The van der Waals surface area contributed by atoms with Crippen molar-refractivity contribution < 1.29 is 5.21 Å². The summed E-state index contributed by atoms with van der Waals surface area (Å²) < 4.78 is 0. The lowest BCUT2D eigenvalue weighted by atomic mass is 10.1. The van der Waals surface area contributed by atoms with Crippen LogP contribution < -0.4 is 5.32 Å². The van der Waals surface area contributed by atoms with Gasteiger partial charge in [-0.2, -0.15) is 0 Å². The van der Waals surface area contributed by atoms with E-state index in [1.165, 1.54) is 7.05 Å². The second-order valence-corrected chi connectivity index (χ2v) is 3.59. The third kappa shape index (κ3) is 4.52. The number of nitrogens with zero attached hydrogens (tertiary/aromatic N) is 1. The molecule has 0 fully saturated rings. The molecule has 0 unspecified atom stereocenters. The fourth-order valence-corrected chi connectivity index (χ4v) is 0.708. The van der Waals surface area contributed by atoms with E-state index in [4.69, 9.17) is 17.4 Å². The Morgan fingerprint density at radius 3 is 2.00 bits per heavy atom. The molecule has 3 nitrogen and oxygen atoms in total. The van der Waals surface area contributed by atoms with Gasteiger partial charge in [-0.05, 0) is 33.0 Å². The Labute approximate surface area is 67.0 Å². The molecule has 0 rings (SSSR count). The number of thiocarbonyl (C=S) groups is 1. The fourth-order valence-electron chi connectivity index (χ4n) is 0.402. The molecule has 0 spiro atoms. The molecule has 10 heavy (non-hydrogen) atoms. The summed E-state index contributed by atoms with van der Waals surface area (Å²) in [4.78, 5) is 0. The molecule has 0 heterocycles. The van der Waals surface area contributed by atoms with Gasteiger partial charge in [0.05, 0.1) is 0 Å². The summed E-state index contributed by atoms with van der Waals surface area (Å²) in [6, 6.07) is 0. The fraction of sp³-hybridized carbons (Fsp3) is 0.833. The highest BCUT2D eigenvalue weighted by Crippen LogP contribution is 1.98. The first kappa shape index (κ1) is 9.65. The lowest BCUT2D eigenvalue weighted by Gasteiger charge is -2.24.